The summed E-state index contributed by atoms with van der Waals surface area (Å²) in [6.45, 7) is 0. The minimum Gasteiger partial charge on any atom is -0.0810 e. The number of hydrogen-bond acceptors (Lipinski definition) is 0. The maximum Gasteiger partial charge on any atom is -0.0131 e. The lowest BCUT2D eigenvalue weighted by Crippen LogP contribution is -2.39. The van der Waals surface area contributed by atoms with Crippen LogP contribution in [0.3, 0.4) is 0 Å². The molecule has 1 radical (unpaired) electrons. The molecule has 0 saturated heterocycles. The molecule has 3 saturated carbocycles. The Labute approximate surface area is 106 Å². The molecule has 17 heavy (non-hydrogen) atoms. The summed E-state index contributed by atoms with van der Waals surface area (Å²) in [5.74, 6) is 5.21. The highest BCUT2D eigenvalue weighted by atomic mass is 14.5. The molecule has 0 spiro atoms. The van der Waals surface area contributed by atoms with Crippen molar-refractivity contribution in [2.75, 3.05) is 0 Å². The van der Waals surface area contributed by atoms with Gasteiger partial charge < -0.3 is 0 Å². The maximum absolute atomic E-state index is 2.64. The van der Waals surface area contributed by atoms with Gasteiger partial charge in [0.15, 0.2) is 0 Å². The summed E-state index contributed by atoms with van der Waals surface area (Å²) in [6.07, 6.45) is 18.8. The normalized spacial score (nSPS) is 48.9. The van der Waals surface area contributed by atoms with Crippen molar-refractivity contribution in [3.05, 3.63) is 18.1 Å². The molecule has 0 N–H and O–H groups in total. The van der Waals surface area contributed by atoms with Gasteiger partial charge in [-0.15, -0.1) is 0 Å². The van der Waals surface area contributed by atoms with Crippen LogP contribution in [0.5, 0.6) is 0 Å². The zero-order chi connectivity index (χ0) is 11.2. The third-order valence-corrected chi connectivity index (χ3v) is 6.33. The van der Waals surface area contributed by atoms with Crippen molar-refractivity contribution in [3.63, 3.8) is 0 Å². The highest BCUT2D eigenvalue weighted by Crippen LogP contribution is 2.55. The SMILES string of the molecule is [CH]1C=C2CCCCC2C2CCC3CCCC3C12. The van der Waals surface area contributed by atoms with E-state index in [0.29, 0.717) is 0 Å². The van der Waals surface area contributed by atoms with Crippen molar-refractivity contribution in [3.8, 4) is 0 Å². The molecule has 0 heteroatoms. The Balaban J connectivity index is 1.62. The van der Waals surface area contributed by atoms with Gasteiger partial charge in [0.1, 0.15) is 0 Å². The van der Waals surface area contributed by atoms with E-state index >= 15 is 0 Å². The smallest absolute Gasteiger partial charge is 0.0131 e. The molecule has 0 heterocycles. The Hall–Kier alpha value is -0.260. The summed E-state index contributed by atoms with van der Waals surface area (Å²) >= 11 is 0. The van der Waals surface area contributed by atoms with E-state index < -0.39 is 0 Å². The van der Waals surface area contributed by atoms with Crippen molar-refractivity contribution in [1.82, 2.24) is 0 Å². The van der Waals surface area contributed by atoms with Gasteiger partial charge in [-0.2, -0.15) is 0 Å². The third-order valence-electron chi connectivity index (χ3n) is 6.33. The molecular weight excluding hydrogens is 204 g/mol. The van der Waals surface area contributed by atoms with E-state index in [-0.39, 0.29) is 0 Å². The minimum absolute atomic E-state index is 0.975. The lowest BCUT2D eigenvalue weighted by molar-refractivity contribution is 0.0880. The third kappa shape index (κ3) is 1.63. The van der Waals surface area contributed by atoms with Crippen LogP contribution in [-0.2, 0) is 0 Å². The van der Waals surface area contributed by atoms with Crippen LogP contribution in [0.2, 0.25) is 0 Å². The predicted octanol–water partition coefficient (Wildman–Crippen LogP) is 4.76. The summed E-state index contributed by atoms with van der Waals surface area (Å²) in [4.78, 5) is 0. The summed E-state index contributed by atoms with van der Waals surface area (Å²) < 4.78 is 0. The summed E-state index contributed by atoms with van der Waals surface area (Å²) in [7, 11) is 0. The second kappa shape index (κ2) is 4.14. The van der Waals surface area contributed by atoms with E-state index in [1.165, 1.54) is 38.5 Å². The minimum atomic E-state index is 0.975. The first-order chi connectivity index (χ1) is 8.43. The Morgan fingerprint density at radius 2 is 1.82 bits per heavy atom. The van der Waals surface area contributed by atoms with Crippen molar-refractivity contribution in [2.45, 2.75) is 57.8 Å². The van der Waals surface area contributed by atoms with E-state index in [4.69, 9.17) is 0 Å². The average Bonchev–Trinajstić information content (AvgIpc) is 2.86. The fourth-order valence-corrected chi connectivity index (χ4v) is 5.60. The number of allylic oxidation sites excluding steroid dienone is 2. The molecule has 0 amide bonds. The fourth-order valence-electron chi connectivity index (χ4n) is 5.60. The molecule has 3 fully saturated rings. The van der Waals surface area contributed by atoms with E-state index in [1.54, 1.807) is 19.3 Å². The Morgan fingerprint density at radius 3 is 2.82 bits per heavy atom. The van der Waals surface area contributed by atoms with Gasteiger partial charge in [-0.05, 0) is 74.5 Å². The van der Waals surface area contributed by atoms with Crippen LogP contribution in [0.25, 0.3) is 0 Å². The van der Waals surface area contributed by atoms with Gasteiger partial charge in [-0.3, -0.25) is 0 Å². The van der Waals surface area contributed by atoms with Gasteiger partial charge in [-0.1, -0.05) is 30.9 Å². The van der Waals surface area contributed by atoms with Gasteiger partial charge in [-0.25, -0.2) is 0 Å². The predicted molar refractivity (Wildman–Crippen MR) is 71.4 cm³/mol. The quantitative estimate of drug-likeness (QED) is 0.561. The molecule has 4 aliphatic carbocycles. The number of fused-ring (bicyclic) bond motifs is 5. The molecule has 0 nitrogen and oxygen atoms in total. The first kappa shape index (κ1) is 10.6. The zero-order valence-electron chi connectivity index (χ0n) is 10.9. The van der Waals surface area contributed by atoms with Gasteiger partial charge in [0.2, 0.25) is 0 Å². The van der Waals surface area contributed by atoms with Crippen LogP contribution in [0, 0.1) is 36.0 Å². The summed E-state index contributed by atoms with van der Waals surface area (Å²) in [6, 6.07) is 0. The zero-order valence-corrected chi connectivity index (χ0v) is 10.9. The standard InChI is InChI=1S/C17H25/c1-2-6-14-12(4-1)8-10-17-15-7-3-5-13(15)9-11-16(14)17/h8,10,13-17H,1-7,9,11H2. The highest BCUT2D eigenvalue weighted by Gasteiger charge is 2.46. The van der Waals surface area contributed by atoms with Gasteiger partial charge >= 0.3 is 0 Å². The Morgan fingerprint density at radius 1 is 0.824 bits per heavy atom. The monoisotopic (exact) mass is 229 g/mol. The van der Waals surface area contributed by atoms with Crippen molar-refractivity contribution >= 4 is 0 Å². The van der Waals surface area contributed by atoms with E-state index in [0.717, 1.165) is 29.6 Å². The summed E-state index contributed by atoms with van der Waals surface area (Å²) in [5.41, 5.74) is 1.83. The largest absolute Gasteiger partial charge is 0.0810 e. The maximum atomic E-state index is 2.64. The van der Waals surface area contributed by atoms with Gasteiger partial charge in [0.05, 0.1) is 0 Å². The second-order valence-electron chi connectivity index (χ2n) is 6.96. The van der Waals surface area contributed by atoms with E-state index in [9.17, 15) is 0 Å². The molecule has 4 rings (SSSR count). The molecule has 0 aromatic rings. The Bertz CT molecular complexity index is 327. The molecule has 0 aromatic carbocycles. The number of hydrogen-bond donors (Lipinski definition) is 0. The number of rotatable bonds is 0. The van der Waals surface area contributed by atoms with E-state index in [2.05, 4.69) is 12.5 Å². The first-order valence-corrected chi connectivity index (χ1v) is 7.97. The molecule has 4 aliphatic rings. The molecule has 0 bridgehead atoms. The lowest BCUT2D eigenvalue weighted by atomic mass is 9.57. The molecule has 93 valence electrons. The van der Waals surface area contributed by atoms with E-state index in [1.807, 2.05) is 5.57 Å². The highest BCUT2D eigenvalue weighted by molar-refractivity contribution is 5.23. The topological polar surface area (TPSA) is 0 Å². The van der Waals surface area contributed by atoms with Crippen molar-refractivity contribution < 1.29 is 0 Å². The average molecular weight is 229 g/mol. The lowest BCUT2D eigenvalue weighted by Gasteiger charge is -2.48. The fraction of sp³-hybridized carbons (Fsp3) is 0.824. The van der Waals surface area contributed by atoms with Crippen LogP contribution in [0.15, 0.2) is 11.6 Å². The van der Waals surface area contributed by atoms with Gasteiger partial charge in [0.25, 0.3) is 0 Å². The van der Waals surface area contributed by atoms with Crippen LogP contribution in [-0.4, -0.2) is 0 Å². The molecule has 5 atom stereocenters. The molecule has 5 unspecified atom stereocenters. The second-order valence-corrected chi connectivity index (χ2v) is 6.96. The van der Waals surface area contributed by atoms with Crippen LogP contribution in [0.1, 0.15) is 57.8 Å². The Kier molecular flexibility index (Phi) is 2.59. The summed E-state index contributed by atoms with van der Waals surface area (Å²) in [5, 5.41) is 0. The van der Waals surface area contributed by atoms with Crippen LogP contribution >= 0.6 is 0 Å². The molecule has 0 aromatic heterocycles. The molecule has 0 aliphatic heterocycles. The first-order valence-electron chi connectivity index (χ1n) is 7.97. The van der Waals surface area contributed by atoms with Crippen LogP contribution in [0.4, 0.5) is 0 Å². The van der Waals surface area contributed by atoms with Crippen molar-refractivity contribution in [1.29, 1.82) is 0 Å². The van der Waals surface area contributed by atoms with Crippen molar-refractivity contribution in [2.24, 2.45) is 29.6 Å². The molecular formula is C17H25. The van der Waals surface area contributed by atoms with Gasteiger partial charge in [0, 0.05) is 0 Å². The van der Waals surface area contributed by atoms with Crippen LogP contribution < -0.4 is 0 Å².